The molecule has 670 valence electrons. The van der Waals surface area contributed by atoms with Crippen molar-refractivity contribution in [1.29, 1.82) is 5.26 Å². The summed E-state index contributed by atoms with van der Waals surface area (Å²) in [6.45, 7) is 8.51. The van der Waals surface area contributed by atoms with Gasteiger partial charge >= 0.3 is 56.4 Å². The number of anilines is 6. The summed E-state index contributed by atoms with van der Waals surface area (Å²) in [5, 5.41) is 8.29. The van der Waals surface area contributed by atoms with Crippen LogP contribution >= 0.6 is 18.8 Å². The summed E-state index contributed by atoms with van der Waals surface area (Å²) in [4.78, 5) is 25.1. The Morgan fingerprint density at radius 2 is 0.457 bits per heavy atom. The van der Waals surface area contributed by atoms with Crippen molar-refractivity contribution >= 4 is 53.0 Å². The van der Waals surface area contributed by atoms with Crippen molar-refractivity contribution in [3.05, 3.63) is 532 Å². The molecule has 17 aromatic carbocycles. The molecular formula is C127H93Cl2N7Pt2. The van der Waals surface area contributed by atoms with Gasteiger partial charge in [-0.1, -0.05) is 381 Å². The second kappa shape index (κ2) is 45.6. The molecule has 138 heavy (non-hydrogen) atoms. The van der Waals surface area contributed by atoms with Crippen molar-refractivity contribution in [3.8, 4) is 162 Å². The Bertz CT molecular complexity index is 6940. The first-order chi connectivity index (χ1) is 67.5. The Morgan fingerprint density at radius 3 is 0.739 bits per heavy atom. The number of hydrogen-bond donors (Lipinski definition) is 0. The second-order valence-electron chi connectivity index (χ2n) is 33.3. The zero-order valence-corrected chi connectivity index (χ0v) is 82.3. The van der Waals surface area contributed by atoms with Gasteiger partial charge in [0.15, 0.2) is 0 Å². The van der Waals surface area contributed by atoms with E-state index in [0.29, 0.717) is 5.56 Å². The van der Waals surface area contributed by atoms with Gasteiger partial charge in [-0.3, -0.25) is 9.97 Å². The fraction of sp³-hybridized carbons (Fsp3) is 0.0315. The van der Waals surface area contributed by atoms with Crippen LogP contribution in [0.5, 0.6) is 0 Å². The minimum absolute atomic E-state index is 0. The van der Waals surface area contributed by atoms with Crippen molar-refractivity contribution in [2.45, 2.75) is 27.7 Å². The molecule has 7 nitrogen and oxygen atoms in total. The molecule has 11 heteroatoms. The third-order valence-corrected chi connectivity index (χ3v) is 24.2. The van der Waals surface area contributed by atoms with E-state index in [9.17, 15) is 0 Å². The van der Waals surface area contributed by atoms with E-state index in [2.05, 4.69) is 486 Å². The number of benzene rings is 17. The van der Waals surface area contributed by atoms with Crippen LogP contribution < -0.4 is 9.80 Å². The summed E-state index contributed by atoms with van der Waals surface area (Å²) in [7, 11) is 9.75. The molecule has 21 rings (SSSR count). The Labute approximate surface area is 840 Å². The number of nitriles is 1. The molecule has 0 bridgehead atoms. The largest absolute Gasteiger partial charge is 2.00 e. The van der Waals surface area contributed by atoms with E-state index >= 15 is 0 Å². The third kappa shape index (κ3) is 22.5. The van der Waals surface area contributed by atoms with Crippen LogP contribution in [0.15, 0.2) is 492 Å². The molecule has 0 saturated carbocycles. The van der Waals surface area contributed by atoms with E-state index in [-0.39, 0.29) is 21.1 Å². The van der Waals surface area contributed by atoms with E-state index in [4.69, 9.17) is 44.0 Å². The van der Waals surface area contributed by atoms with Crippen LogP contribution in [0, 0.1) is 51.2 Å². The van der Waals surface area contributed by atoms with E-state index in [0.717, 1.165) is 190 Å². The molecule has 0 aliphatic carbocycles. The number of rotatable bonds is 20. The molecule has 0 spiro atoms. The van der Waals surface area contributed by atoms with Gasteiger partial charge in [0.1, 0.15) is 0 Å². The number of aryl methyl sites for hydroxylation is 4. The van der Waals surface area contributed by atoms with Gasteiger partial charge in [0.05, 0.1) is 34.4 Å². The minimum atomic E-state index is -0.472. The second-order valence-corrected chi connectivity index (χ2v) is 36.6. The Balaban J connectivity index is 0.000000171. The molecule has 0 aliphatic rings. The zero-order chi connectivity index (χ0) is 93.6. The van der Waals surface area contributed by atoms with E-state index in [1.54, 1.807) is 12.1 Å². The van der Waals surface area contributed by atoms with Crippen LogP contribution in [0.3, 0.4) is 0 Å². The first kappa shape index (κ1) is 94.2. The summed E-state index contributed by atoms with van der Waals surface area (Å²) < 4.78 is 0. The van der Waals surface area contributed by atoms with Crippen LogP contribution in [0.4, 0.5) is 34.1 Å². The molecule has 4 heterocycles. The SMILES string of the molecule is Cc1cnc(-c2[c-]c(N(c3[c-]c(-c4cc(-c5ccccc5)c(C)cn4)cc(-c4ccccc4)c3)c3ccccc3-c3ccccc3)cc(-c3ccccc3)c2)cc1-c1ccccc1.Cc1cnc(-c2cc(-c3ccccc3)cc(N(c3cc(-c4ccccc4)cc(-c4cc(-c5ccccc5)c(C)cn4)c3)c3ccccc3-c3ccccc3)c2)cc1-c1ccccc1.N#Cc1ccccc1.[Cl][Pt][Cl].[Pt+2]. The Kier molecular flexibility index (Phi) is 31.1. The predicted octanol–water partition coefficient (Wildman–Crippen LogP) is 35.0. The van der Waals surface area contributed by atoms with Gasteiger partial charge in [-0.25, -0.2) is 0 Å². The average Bonchev–Trinajstić information content (AvgIpc) is 0.759. The average molecular weight is 2180 g/mol. The number of aromatic nitrogens is 4. The minimum Gasteiger partial charge on any atom is 2.00 e. The number of para-hydroxylation sites is 2. The summed E-state index contributed by atoms with van der Waals surface area (Å²) in [5.74, 6) is 0. The van der Waals surface area contributed by atoms with Crippen molar-refractivity contribution < 1.29 is 37.5 Å². The predicted molar refractivity (Wildman–Crippen MR) is 569 cm³/mol. The summed E-state index contributed by atoms with van der Waals surface area (Å²) in [5.41, 5.74) is 40.8. The molecule has 0 N–H and O–H groups in total. The van der Waals surface area contributed by atoms with Crippen molar-refractivity contribution in [1.82, 2.24) is 19.9 Å². The van der Waals surface area contributed by atoms with Gasteiger partial charge in [-0.05, 0) is 235 Å². The molecule has 0 saturated heterocycles. The molecule has 0 aliphatic heterocycles. The van der Waals surface area contributed by atoms with Crippen LogP contribution in [-0.4, -0.2) is 19.9 Å². The smallest absolute Gasteiger partial charge is 2.00 e. The summed E-state index contributed by atoms with van der Waals surface area (Å²) in [6.07, 6.45) is 7.96. The van der Waals surface area contributed by atoms with E-state index < -0.39 is 16.5 Å². The maximum atomic E-state index is 8.29. The van der Waals surface area contributed by atoms with Crippen molar-refractivity contribution in [2.75, 3.05) is 9.80 Å². The fourth-order valence-corrected chi connectivity index (χ4v) is 17.4. The maximum absolute atomic E-state index is 8.29. The third-order valence-electron chi connectivity index (χ3n) is 24.2. The van der Waals surface area contributed by atoms with Crippen LogP contribution in [0.1, 0.15) is 27.8 Å². The molecule has 0 unspecified atom stereocenters. The number of pyridine rings is 4. The van der Waals surface area contributed by atoms with Crippen LogP contribution in [0.2, 0.25) is 0 Å². The number of hydrogen-bond acceptors (Lipinski definition) is 7. The van der Waals surface area contributed by atoms with Crippen molar-refractivity contribution in [3.63, 3.8) is 0 Å². The number of nitrogens with zero attached hydrogens (tertiary/aromatic N) is 7. The normalized spacial score (nSPS) is 10.7. The van der Waals surface area contributed by atoms with Gasteiger partial charge in [-0.2, -0.15) is 5.26 Å². The van der Waals surface area contributed by atoms with Gasteiger partial charge in [-0.15, -0.1) is 47.5 Å². The van der Waals surface area contributed by atoms with Gasteiger partial charge in [0.2, 0.25) is 0 Å². The van der Waals surface area contributed by atoms with E-state index in [1.807, 2.05) is 49.1 Å². The maximum Gasteiger partial charge on any atom is 2.00 e. The summed E-state index contributed by atoms with van der Waals surface area (Å²) in [6, 6.07) is 174. The van der Waals surface area contributed by atoms with Crippen LogP contribution in [-0.2, 0) is 37.5 Å². The zero-order valence-electron chi connectivity index (χ0n) is 76.3. The quantitative estimate of drug-likeness (QED) is 0.0703. The Hall–Kier alpha value is -15.6. The molecule has 0 amide bonds. The first-order valence-corrected chi connectivity index (χ1v) is 51.0. The van der Waals surface area contributed by atoms with Crippen molar-refractivity contribution in [2.24, 2.45) is 0 Å². The first-order valence-electron chi connectivity index (χ1n) is 45.4. The molecule has 0 atom stereocenters. The van der Waals surface area contributed by atoms with Gasteiger partial charge in [0.25, 0.3) is 0 Å². The van der Waals surface area contributed by atoms with Gasteiger partial charge < -0.3 is 19.8 Å². The Morgan fingerprint density at radius 1 is 0.232 bits per heavy atom. The molecule has 0 fully saturated rings. The summed E-state index contributed by atoms with van der Waals surface area (Å²) >= 11 is -0.472. The number of halogens is 2. The topological polar surface area (TPSA) is 81.8 Å². The fourth-order valence-electron chi connectivity index (χ4n) is 17.4. The van der Waals surface area contributed by atoms with E-state index in [1.165, 1.54) is 22.3 Å². The monoisotopic (exact) mass is 2180 g/mol. The van der Waals surface area contributed by atoms with Gasteiger partial charge in [0, 0.05) is 58.4 Å². The standard InChI is InChI=1S/C60H45N3.C60H43N3.C7H5N.2ClH.2Pt/c2*1-42-40-61-58(38-56(42)47-26-14-6-15-27-47)51-32-49(44-20-8-3-9-21-44)34-53(36-51)63(60-31-19-18-30-55(60)46-24-12-5-13-25-46)54-35-50(45-22-10-4-11-23-45)33-52(37-54)59-39-57(43(2)41-62-59)48-28-16-7-17-29-48;8-6-7-4-2-1-3-5-7;;;;/h3-41H,1-2H3;3-35,38-41H,1-2H3;1-5H;2*1H;;/q;-2;;;;2*+2/p-2. The molecule has 21 aromatic rings. The molecule has 0 radical (unpaired) electrons. The molecule has 4 aromatic heterocycles. The van der Waals surface area contributed by atoms with Crippen LogP contribution in [0.25, 0.3) is 156 Å². The molecular weight excluding hydrogens is 2080 g/mol.